The van der Waals surface area contributed by atoms with Crippen molar-refractivity contribution in [3.8, 4) is 5.75 Å². The Morgan fingerprint density at radius 1 is 1.19 bits per heavy atom. The van der Waals surface area contributed by atoms with Crippen LogP contribution in [0.3, 0.4) is 0 Å². The molecule has 1 aromatic carbocycles. The molecule has 0 fully saturated rings. The van der Waals surface area contributed by atoms with Gasteiger partial charge in [0.1, 0.15) is 19.0 Å². The molecule has 0 aliphatic carbocycles. The van der Waals surface area contributed by atoms with Crippen LogP contribution in [0.5, 0.6) is 5.75 Å². The van der Waals surface area contributed by atoms with Crippen molar-refractivity contribution in [3.05, 3.63) is 30.3 Å². The molecule has 0 saturated heterocycles. The van der Waals surface area contributed by atoms with Gasteiger partial charge in [0.05, 0.1) is 6.61 Å². The van der Waals surface area contributed by atoms with Crippen molar-refractivity contribution in [2.45, 2.75) is 12.8 Å². The van der Waals surface area contributed by atoms with Gasteiger partial charge in [0, 0.05) is 20.0 Å². The van der Waals surface area contributed by atoms with Gasteiger partial charge >= 0.3 is 5.97 Å². The fourth-order valence-electron chi connectivity index (χ4n) is 1.60. The minimum absolute atomic E-state index is 0.0261. The second-order valence-corrected chi connectivity index (χ2v) is 4.53. The molecule has 6 heteroatoms. The molecule has 0 heterocycles. The summed E-state index contributed by atoms with van der Waals surface area (Å²) in [7, 11) is 1.63. The molecule has 0 aliphatic rings. The number of carbonyl (C=O) groups excluding carboxylic acids is 1. The van der Waals surface area contributed by atoms with Crippen molar-refractivity contribution in [2.24, 2.45) is 0 Å². The van der Waals surface area contributed by atoms with Gasteiger partial charge in [0.25, 0.3) is 0 Å². The lowest BCUT2D eigenvalue weighted by molar-refractivity contribution is -0.139. The zero-order chi connectivity index (χ0) is 15.5. The summed E-state index contributed by atoms with van der Waals surface area (Å²) in [5.41, 5.74) is 0. The summed E-state index contributed by atoms with van der Waals surface area (Å²) >= 11 is 0. The number of ether oxygens (including phenoxy) is 2. The molecule has 1 N–H and O–H groups in total. The normalized spacial score (nSPS) is 10.1. The highest BCUT2D eigenvalue weighted by atomic mass is 16.5. The van der Waals surface area contributed by atoms with E-state index in [4.69, 9.17) is 14.6 Å². The first-order valence-corrected chi connectivity index (χ1v) is 6.81. The molecule has 1 amide bonds. The third kappa shape index (κ3) is 7.94. The molecule has 116 valence electrons. The lowest BCUT2D eigenvalue weighted by Gasteiger charge is -2.16. The van der Waals surface area contributed by atoms with Crippen LogP contribution in [-0.4, -0.2) is 55.3 Å². The van der Waals surface area contributed by atoms with E-state index in [0.717, 1.165) is 5.75 Å². The molecule has 0 saturated carbocycles. The minimum Gasteiger partial charge on any atom is -0.491 e. The summed E-state index contributed by atoms with van der Waals surface area (Å²) in [6.07, 6.45) is 0.498. The van der Waals surface area contributed by atoms with Crippen LogP contribution in [0.2, 0.25) is 0 Å². The Morgan fingerprint density at radius 3 is 2.57 bits per heavy atom. The second kappa shape index (κ2) is 9.77. The third-order valence-corrected chi connectivity index (χ3v) is 2.78. The largest absolute Gasteiger partial charge is 0.491 e. The van der Waals surface area contributed by atoms with Gasteiger partial charge in [0.2, 0.25) is 5.91 Å². The van der Waals surface area contributed by atoms with E-state index >= 15 is 0 Å². The fraction of sp³-hybridized carbons (Fsp3) is 0.467. The molecular formula is C15H21NO5. The van der Waals surface area contributed by atoms with E-state index in [1.807, 2.05) is 30.3 Å². The number of carboxylic acids is 1. The number of carbonyl (C=O) groups is 2. The molecule has 0 aromatic heterocycles. The van der Waals surface area contributed by atoms with E-state index in [9.17, 15) is 9.59 Å². The summed E-state index contributed by atoms with van der Waals surface area (Å²) in [5, 5.41) is 8.52. The van der Waals surface area contributed by atoms with Crippen molar-refractivity contribution in [3.63, 3.8) is 0 Å². The Labute approximate surface area is 124 Å². The number of nitrogens with zero attached hydrogens (tertiary/aromatic N) is 1. The van der Waals surface area contributed by atoms with Crippen molar-refractivity contribution in [1.29, 1.82) is 0 Å². The lowest BCUT2D eigenvalue weighted by Crippen LogP contribution is -2.31. The van der Waals surface area contributed by atoms with Gasteiger partial charge in [-0.25, -0.2) is 0 Å². The maximum Gasteiger partial charge on any atom is 0.303 e. The van der Waals surface area contributed by atoms with Gasteiger partial charge in [-0.15, -0.1) is 0 Å². The van der Waals surface area contributed by atoms with E-state index in [0.29, 0.717) is 26.2 Å². The highest BCUT2D eigenvalue weighted by Crippen LogP contribution is 2.07. The van der Waals surface area contributed by atoms with E-state index < -0.39 is 5.97 Å². The SMILES string of the molecule is CN(CCCC(=O)O)C(=O)COCCOc1ccccc1. The zero-order valence-electron chi connectivity index (χ0n) is 12.2. The van der Waals surface area contributed by atoms with Gasteiger partial charge in [-0.3, -0.25) is 9.59 Å². The molecule has 0 spiro atoms. The van der Waals surface area contributed by atoms with E-state index in [-0.39, 0.29) is 18.9 Å². The molecule has 0 radical (unpaired) electrons. The van der Waals surface area contributed by atoms with Crippen LogP contribution >= 0.6 is 0 Å². The Hall–Kier alpha value is -2.08. The first-order valence-electron chi connectivity index (χ1n) is 6.81. The summed E-state index contributed by atoms with van der Waals surface area (Å²) < 4.78 is 10.7. The first kappa shape index (κ1) is 17.0. The standard InChI is InChI=1S/C15H21NO5/c1-16(9-5-8-15(18)19)14(17)12-20-10-11-21-13-6-3-2-4-7-13/h2-4,6-7H,5,8-12H2,1H3,(H,18,19). The number of para-hydroxylation sites is 1. The molecule has 21 heavy (non-hydrogen) atoms. The summed E-state index contributed by atoms with van der Waals surface area (Å²) in [6, 6.07) is 9.36. The molecule has 0 bridgehead atoms. The van der Waals surface area contributed by atoms with Crippen LogP contribution in [0.25, 0.3) is 0 Å². The van der Waals surface area contributed by atoms with Crippen molar-refractivity contribution < 1.29 is 24.2 Å². The summed E-state index contributed by atoms with van der Waals surface area (Å²) in [5.74, 6) is -0.261. The van der Waals surface area contributed by atoms with Crippen LogP contribution in [0.4, 0.5) is 0 Å². The Kier molecular flexibility index (Phi) is 7.89. The van der Waals surface area contributed by atoms with E-state index in [1.165, 1.54) is 4.90 Å². The number of carboxylic acid groups (broad SMARTS) is 1. The van der Waals surface area contributed by atoms with Gasteiger partial charge < -0.3 is 19.5 Å². The molecule has 1 aromatic rings. The molecule has 0 atom stereocenters. The Bertz CT molecular complexity index is 435. The van der Waals surface area contributed by atoms with Crippen molar-refractivity contribution in [2.75, 3.05) is 33.4 Å². The van der Waals surface area contributed by atoms with Gasteiger partial charge in [-0.2, -0.15) is 0 Å². The average molecular weight is 295 g/mol. The highest BCUT2D eigenvalue weighted by Gasteiger charge is 2.09. The zero-order valence-corrected chi connectivity index (χ0v) is 12.2. The first-order chi connectivity index (χ1) is 10.1. The van der Waals surface area contributed by atoms with Gasteiger partial charge in [-0.05, 0) is 18.6 Å². The summed E-state index contributed by atoms with van der Waals surface area (Å²) in [4.78, 5) is 23.5. The quantitative estimate of drug-likeness (QED) is 0.660. The smallest absolute Gasteiger partial charge is 0.303 e. The summed E-state index contributed by atoms with van der Waals surface area (Å²) in [6.45, 7) is 1.08. The van der Waals surface area contributed by atoms with Crippen LogP contribution in [0, 0.1) is 0 Å². The maximum atomic E-state index is 11.7. The van der Waals surface area contributed by atoms with Crippen molar-refractivity contribution in [1.82, 2.24) is 4.90 Å². The number of amides is 1. The topological polar surface area (TPSA) is 76.1 Å². The Morgan fingerprint density at radius 2 is 1.90 bits per heavy atom. The third-order valence-electron chi connectivity index (χ3n) is 2.78. The molecule has 6 nitrogen and oxygen atoms in total. The lowest BCUT2D eigenvalue weighted by atomic mass is 10.3. The van der Waals surface area contributed by atoms with Crippen LogP contribution in [-0.2, 0) is 14.3 Å². The van der Waals surface area contributed by atoms with Gasteiger partial charge in [0.15, 0.2) is 0 Å². The second-order valence-electron chi connectivity index (χ2n) is 4.53. The number of aliphatic carboxylic acids is 1. The van der Waals surface area contributed by atoms with Crippen LogP contribution in [0.15, 0.2) is 30.3 Å². The van der Waals surface area contributed by atoms with Gasteiger partial charge in [-0.1, -0.05) is 18.2 Å². The van der Waals surface area contributed by atoms with E-state index in [2.05, 4.69) is 0 Å². The minimum atomic E-state index is -0.856. The molecule has 0 aliphatic heterocycles. The molecule has 0 unspecified atom stereocenters. The maximum absolute atomic E-state index is 11.7. The monoisotopic (exact) mass is 295 g/mol. The predicted octanol–water partition coefficient (Wildman–Crippen LogP) is 1.41. The predicted molar refractivity (Wildman–Crippen MR) is 77.3 cm³/mol. The number of benzene rings is 1. The number of hydrogen-bond acceptors (Lipinski definition) is 4. The molecule has 1 rings (SSSR count). The van der Waals surface area contributed by atoms with Crippen molar-refractivity contribution >= 4 is 11.9 Å². The van der Waals surface area contributed by atoms with Crippen LogP contribution in [0.1, 0.15) is 12.8 Å². The Balaban J connectivity index is 2.06. The highest BCUT2D eigenvalue weighted by molar-refractivity contribution is 5.77. The average Bonchev–Trinajstić information content (AvgIpc) is 2.47. The molecular weight excluding hydrogens is 274 g/mol. The number of hydrogen-bond donors (Lipinski definition) is 1. The number of rotatable bonds is 10. The number of likely N-dealkylation sites (N-methyl/N-ethyl adjacent to an activating group) is 1. The van der Waals surface area contributed by atoms with E-state index in [1.54, 1.807) is 7.05 Å². The van der Waals surface area contributed by atoms with Crippen LogP contribution < -0.4 is 4.74 Å². The fourth-order valence-corrected chi connectivity index (χ4v) is 1.60.